The van der Waals surface area contributed by atoms with Gasteiger partial charge < -0.3 is 4.74 Å². The first kappa shape index (κ1) is 11.4. The predicted octanol–water partition coefficient (Wildman–Crippen LogP) is 2.52. The molecule has 7 heteroatoms. The molecular formula is C9H8F3NO2S. The second kappa shape index (κ2) is 3.44. The lowest BCUT2D eigenvalue weighted by Gasteiger charge is -2.15. The van der Waals surface area contributed by atoms with Gasteiger partial charge in [0.1, 0.15) is 10.4 Å². The highest BCUT2D eigenvalue weighted by molar-refractivity contribution is 7.10. The topological polar surface area (TPSA) is 39.2 Å². The van der Waals surface area contributed by atoms with Gasteiger partial charge in [-0.3, -0.25) is 0 Å². The van der Waals surface area contributed by atoms with Crippen molar-refractivity contribution in [3.63, 3.8) is 0 Å². The molecule has 0 spiro atoms. The fourth-order valence-electron chi connectivity index (χ4n) is 1.44. The molecule has 1 heterocycles. The van der Waals surface area contributed by atoms with Crippen LogP contribution < -0.4 is 0 Å². The zero-order chi connectivity index (χ0) is 12.0. The van der Waals surface area contributed by atoms with Crippen LogP contribution in [0.5, 0.6) is 0 Å². The summed E-state index contributed by atoms with van der Waals surface area (Å²) in [6.07, 6.45) is -4.20. The van der Waals surface area contributed by atoms with Crippen molar-refractivity contribution in [1.82, 2.24) is 4.98 Å². The number of halogens is 3. The lowest BCUT2D eigenvalue weighted by atomic mass is 10.1. The number of carbonyl (C=O) groups excluding carboxylic acids is 1. The van der Waals surface area contributed by atoms with E-state index < -0.39 is 17.6 Å². The van der Waals surface area contributed by atoms with Crippen LogP contribution in [0.3, 0.4) is 0 Å². The van der Waals surface area contributed by atoms with Crippen molar-refractivity contribution in [1.29, 1.82) is 0 Å². The number of thiazole rings is 1. The van der Waals surface area contributed by atoms with E-state index in [1.54, 1.807) is 0 Å². The number of hydrogen-bond donors (Lipinski definition) is 0. The monoisotopic (exact) mass is 251 g/mol. The van der Waals surface area contributed by atoms with Crippen molar-refractivity contribution in [3.8, 4) is 0 Å². The second-order valence-electron chi connectivity index (χ2n) is 3.61. The SMILES string of the molecule is COC(=O)c1csc(C2(C(F)(F)F)CC2)n1. The average molecular weight is 251 g/mol. The number of ether oxygens (including phenoxy) is 1. The first-order valence-corrected chi connectivity index (χ1v) is 5.40. The van der Waals surface area contributed by atoms with E-state index in [0.717, 1.165) is 18.4 Å². The van der Waals surface area contributed by atoms with Crippen molar-refractivity contribution >= 4 is 17.3 Å². The molecule has 1 aliphatic rings. The highest BCUT2D eigenvalue weighted by Crippen LogP contribution is 2.59. The van der Waals surface area contributed by atoms with Crippen molar-refractivity contribution in [2.45, 2.75) is 24.4 Å². The Kier molecular flexibility index (Phi) is 2.45. The van der Waals surface area contributed by atoms with Crippen molar-refractivity contribution in [2.75, 3.05) is 7.11 Å². The third-order valence-electron chi connectivity index (χ3n) is 2.60. The number of rotatable bonds is 2. The smallest absolute Gasteiger partial charge is 0.400 e. The Balaban J connectivity index is 2.30. The summed E-state index contributed by atoms with van der Waals surface area (Å²) in [7, 11) is 1.16. The van der Waals surface area contributed by atoms with Gasteiger partial charge in [0.2, 0.25) is 0 Å². The summed E-state index contributed by atoms with van der Waals surface area (Å²) in [5.74, 6) is -0.708. The van der Waals surface area contributed by atoms with Crippen molar-refractivity contribution < 1.29 is 22.7 Å². The van der Waals surface area contributed by atoms with Crippen LogP contribution in [-0.4, -0.2) is 24.2 Å². The number of nitrogens with zero attached hydrogens (tertiary/aromatic N) is 1. The fourth-order valence-corrected chi connectivity index (χ4v) is 2.50. The van der Waals surface area contributed by atoms with E-state index in [2.05, 4.69) is 9.72 Å². The zero-order valence-electron chi connectivity index (χ0n) is 8.30. The minimum Gasteiger partial charge on any atom is -0.464 e. The van der Waals surface area contributed by atoms with Crippen molar-refractivity contribution in [2.24, 2.45) is 0 Å². The van der Waals surface area contributed by atoms with E-state index in [9.17, 15) is 18.0 Å². The summed E-state index contributed by atoms with van der Waals surface area (Å²) < 4.78 is 42.6. The molecule has 0 aliphatic heterocycles. The van der Waals surface area contributed by atoms with Gasteiger partial charge in [0.15, 0.2) is 5.69 Å². The standard InChI is InChI=1S/C9H8F3NO2S/c1-15-6(14)5-4-16-7(13-5)8(2-3-8)9(10,11)12/h4H,2-3H2,1H3. The lowest BCUT2D eigenvalue weighted by molar-refractivity contribution is -0.160. The molecule has 1 aromatic rings. The van der Waals surface area contributed by atoms with E-state index in [4.69, 9.17) is 0 Å². The molecule has 1 fully saturated rings. The summed E-state index contributed by atoms with van der Waals surface area (Å²) >= 11 is 0.858. The number of carbonyl (C=O) groups is 1. The van der Waals surface area contributed by atoms with Gasteiger partial charge >= 0.3 is 12.1 Å². The summed E-state index contributed by atoms with van der Waals surface area (Å²) in [4.78, 5) is 14.8. The van der Waals surface area contributed by atoms with Crippen LogP contribution in [0.15, 0.2) is 5.38 Å². The molecule has 0 amide bonds. The molecule has 16 heavy (non-hydrogen) atoms. The third-order valence-corrected chi connectivity index (χ3v) is 3.65. The summed E-state index contributed by atoms with van der Waals surface area (Å²) in [5.41, 5.74) is -1.87. The molecule has 0 bridgehead atoms. The van der Waals surface area contributed by atoms with Gasteiger partial charge in [0.05, 0.1) is 7.11 Å². The lowest BCUT2D eigenvalue weighted by Crippen LogP contribution is -2.28. The van der Waals surface area contributed by atoms with Crippen LogP contribution in [0.4, 0.5) is 13.2 Å². The molecule has 0 atom stereocenters. The maximum absolute atomic E-state index is 12.7. The predicted molar refractivity (Wildman–Crippen MR) is 50.4 cm³/mol. The van der Waals surface area contributed by atoms with E-state index in [0.29, 0.717) is 0 Å². The minimum atomic E-state index is -4.29. The second-order valence-corrected chi connectivity index (χ2v) is 4.47. The summed E-state index contributed by atoms with van der Waals surface area (Å²) in [6, 6.07) is 0. The van der Waals surface area contributed by atoms with Crippen LogP contribution in [0.25, 0.3) is 0 Å². The van der Waals surface area contributed by atoms with E-state index in [-0.39, 0.29) is 23.5 Å². The van der Waals surface area contributed by atoms with Gasteiger partial charge in [-0.1, -0.05) is 0 Å². The number of hydrogen-bond acceptors (Lipinski definition) is 4. The molecule has 0 aromatic carbocycles. The molecule has 0 unspecified atom stereocenters. The van der Waals surface area contributed by atoms with Crippen LogP contribution in [0.1, 0.15) is 28.3 Å². The largest absolute Gasteiger partial charge is 0.464 e. The zero-order valence-corrected chi connectivity index (χ0v) is 9.11. The van der Waals surface area contributed by atoms with Crippen LogP contribution in [-0.2, 0) is 10.2 Å². The fraction of sp³-hybridized carbons (Fsp3) is 0.556. The average Bonchev–Trinajstić information content (AvgIpc) is 2.90. The van der Waals surface area contributed by atoms with Crippen LogP contribution in [0, 0.1) is 0 Å². The highest BCUT2D eigenvalue weighted by Gasteiger charge is 2.66. The van der Waals surface area contributed by atoms with E-state index in [1.807, 2.05) is 0 Å². The maximum Gasteiger partial charge on any atom is 0.400 e. The Morgan fingerprint density at radius 2 is 2.19 bits per heavy atom. The quantitative estimate of drug-likeness (QED) is 0.758. The molecule has 0 N–H and O–H groups in total. The van der Waals surface area contributed by atoms with E-state index >= 15 is 0 Å². The van der Waals surface area contributed by atoms with Gasteiger partial charge in [-0.2, -0.15) is 13.2 Å². The minimum absolute atomic E-state index is 0.0413. The number of alkyl halides is 3. The first-order chi connectivity index (χ1) is 7.40. The Morgan fingerprint density at radius 3 is 2.62 bits per heavy atom. The summed E-state index contributed by atoms with van der Waals surface area (Å²) in [6.45, 7) is 0. The van der Waals surface area contributed by atoms with Gasteiger partial charge in [0.25, 0.3) is 0 Å². The maximum atomic E-state index is 12.7. The Hall–Kier alpha value is -1.11. The Bertz CT molecular complexity index is 423. The third kappa shape index (κ3) is 1.59. The van der Waals surface area contributed by atoms with Crippen LogP contribution in [0.2, 0.25) is 0 Å². The molecule has 1 aromatic heterocycles. The van der Waals surface area contributed by atoms with Gasteiger partial charge in [-0.05, 0) is 12.8 Å². The Labute approximate surface area is 93.2 Å². The van der Waals surface area contributed by atoms with Crippen molar-refractivity contribution in [3.05, 3.63) is 16.1 Å². The molecule has 1 saturated carbocycles. The summed E-state index contributed by atoms with van der Waals surface area (Å²) in [5, 5.41) is 1.26. The molecule has 2 rings (SSSR count). The van der Waals surface area contributed by atoms with Gasteiger partial charge in [0, 0.05) is 5.38 Å². The normalized spacial score (nSPS) is 18.2. The molecule has 3 nitrogen and oxygen atoms in total. The van der Waals surface area contributed by atoms with Crippen LogP contribution >= 0.6 is 11.3 Å². The molecular weight excluding hydrogens is 243 g/mol. The van der Waals surface area contributed by atoms with Gasteiger partial charge in [-0.25, -0.2) is 9.78 Å². The highest BCUT2D eigenvalue weighted by atomic mass is 32.1. The number of methoxy groups -OCH3 is 1. The number of esters is 1. The Morgan fingerprint density at radius 1 is 1.56 bits per heavy atom. The van der Waals surface area contributed by atoms with Gasteiger partial charge in [-0.15, -0.1) is 11.3 Å². The molecule has 0 saturated heterocycles. The molecule has 1 aliphatic carbocycles. The first-order valence-electron chi connectivity index (χ1n) is 4.52. The number of aromatic nitrogens is 1. The van der Waals surface area contributed by atoms with E-state index in [1.165, 1.54) is 5.38 Å². The molecule has 88 valence electrons. The molecule has 0 radical (unpaired) electrons.